The van der Waals surface area contributed by atoms with E-state index in [9.17, 15) is 4.79 Å². The summed E-state index contributed by atoms with van der Waals surface area (Å²) in [7, 11) is 3.23. The number of rotatable bonds is 7. The highest BCUT2D eigenvalue weighted by Gasteiger charge is 2.16. The molecule has 0 spiro atoms. The Balaban J connectivity index is 1.62. The molecule has 0 unspecified atom stereocenters. The Morgan fingerprint density at radius 3 is 2.45 bits per heavy atom. The van der Waals surface area contributed by atoms with Crippen LogP contribution in [0.3, 0.4) is 0 Å². The molecule has 1 aliphatic rings. The van der Waals surface area contributed by atoms with E-state index < -0.39 is 0 Å². The van der Waals surface area contributed by atoms with Gasteiger partial charge in [0.1, 0.15) is 5.69 Å². The third-order valence-corrected chi connectivity index (χ3v) is 5.11. The molecule has 2 heterocycles. The second-order valence-electron chi connectivity index (χ2n) is 7.29. The van der Waals surface area contributed by atoms with Crippen molar-refractivity contribution in [1.29, 1.82) is 0 Å². The van der Waals surface area contributed by atoms with Crippen LogP contribution in [0.4, 0.5) is 5.95 Å². The second-order valence-corrected chi connectivity index (χ2v) is 7.29. The van der Waals surface area contributed by atoms with Crippen molar-refractivity contribution in [2.24, 2.45) is 0 Å². The Labute approximate surface area is 172 Å². The summed E-state index contributed by atoms with van der Waals surface area (Å²) in [5.74, 6) is 1.87. The van der Waals surface area contributed by atoms with Crippen molar-refractivity contribution in [3.63, 3.8) is 0 Å². The lowest BCUT2D eigenvalue weighted by atomic mass is 10.1. The van der Waals surface area contributed by atoms with Crippen molar-refractivity contribution in [1.82, 2.24) is 15.3 Å². The van der Waals surface area contributed by atoms with Crippen LogP contribution in [0, 0.1) is 6.92 Å². The van der Waals surface area contributed by atoms with Gasteiger partial charge in [0.15, 0.2) is 11.5 Å². The van der Waals surface area contributed by atoms with Crippen LogP contribution in [-0.2, 0) is 6.42 Å². The molecule has 0 atom stereocenters. The van der Waals surface area contributed by atoms with E-state index in [1.807, 2.05) is 25.1 Å². The standard InChI is InChI=1S/C22H30N4O3/c1-16-14-18(25-22(24-16)26-12-6-4-5-7-13-26)21(27)23-11-10-17-8-9-19(28-2)20(15-17)29-3/h8-9,14-15H,4-7,10-13H2,1-3H3,(H,23,27). The van der Waals surface area contributed by atoms with Gasteiger partial charge in [-0.3, -0.25) is 4.79 Å². The Hall–Kier alpha value is -2.83. The molecule has 1 saturated heterocycles. The normalized spacial score (nSPS) is 14.2. The molecule has 2 aromatic rings. The largest absolute Gasteiger partial charge is 0.493 e. The maximum Gasteiger partial charge on any atom is 0.270 e. The Morgan fingerprint density at radius 2 is 1.76 bits per heavy atom. The van der Waals surface area contributed by atoms with Gasteiger partial charge in [-0.15, -0.1) is 0 Å². The van der Waals surface area contributed by atoms with Gasteiger partial charge in [0.2, 0.25) is 5.95 Å². The number of hydrogen-bond acceptors (Lipinski definition) is 6. The van der Waals surface area contributed by atoms with Gasteiger partial charge < -0.3 is 19.7 Å². The quantitative estimate of drug-likeness (QED) is 0.772. The van der Waals surface area contributed by atoms with E-state index in [2.05, 4.69) is 20.2 Å². The van der Waals surface area contributed by atoms with Crippen molar-refractivity contribution < 1.29 is 14.3 Å². The maximum atomic E-state index is 12.6. The molecule has 1 amide bonds. The van der Waals surface area contributed by atoms with E-state index in [-0.39, 0.29) is 5.91 Å². The minimum Gasteiger partial charge on any atom is -0.493 e. The molecule has 156 valence electrons. The monoisotopic (exact) mass is 398 g/mol. The molecule has 1 aromatic carbocycles. The molecule has 0 saturated carbocycles. The lowest BCUT2D eigenvalue weighted by Gasteiger charge is -2.21. The molecule has 0 aliphatic carbocycles. The third kappa shape index (κ3) is 5.59. The molecule has 7 nitrogen and oxygen atoms in total. The molecular weight excluding hydrogens is 368 g/mol. The zero-order valence-electron chi connectivity index (χ0n) is 17.5. The van der Waals surface area contributed by atoms with Gasteiger partial charge in [-0.25, -0.2) is 9.97 Å². The maximum absolute atomic E-state index is 12.6. The molecule has 7 heteroatoms. The number of carbonyl (C=O) groups excluding carboxylic acids is 1. The first kappa shape index (κ1) is 20.9. The number of ether oxygens (including phenoxy) is 2. The second kappa shape index (κ2) is 10.1. The fourth-order valence-electron chi connectivity index (χ4n) is 3.53. The number of aromatic nitrogens is 2. The average Bonchev–Trinajstić information content (AvgIpc) is 3.02. The number of benzene rings is 1. The first-order chi connectivity index (χ1) is 14.1. The van der Waals surface area contributed by atoms with E-state index in [0.717, 1.165) is 37.2 Å². The van der Waals surface area contributed by atoms with Gasteiger partial charge in [0, 0.05) is 25.3 Å². The number of aryl methyl sites for hydroxylation is 1. The van der Waals surface area contributed by atoms with Crippen LogP contribution < -0.4 is 19.7 Å². The van der Waals surface area contributed by atoms with Crippen molar-refractivity contribution in [2.45, 2.75) is 39.0 Å². The lowest BCUT2D eigenvalue weighted by molar-refractivity contribution is 0.0949. The van der Waals surface area contributed by atoms with Crippen LogP contribution in [0.5, 0.6) is 11.5 Å². The van der Waals surface area contributed by atoms with Crippen LogP contribution in [0.25, 0.3) is 0 Å². The highest BCUT2D eigenvalue weighted by atomic mass is 16.5. The summed E-state index contributed by atoms with van der Waals surface area (Å²) >= 11 is 0. The fourth-order valence-corrected chi connectivity index (χ4v) is 3.53. The zero-order valence-corrected chi connectivity index (χ0v) is 17.5. The molecule has 0 radical (unpaired) electrons. The predicted octanol–water partition coefficient (Wildman–Crippen LogP) is 3.16. The molecule has 0 bridgehead atoms. The van der Waals surface area contributed by atoms with Crippen molar-refractivity contribution in [3.05, 3.63) is 41.2 Å². The van der Waals surface area contributed by atoms with E-state index in [1.54, 1.807) is 20.3 Å². The Morgan fingerprint density at radius 1 is 1.03 bits per heavy atom. The summed E-state index contributed by atoms with van der Waals surface area (Å²) in [4.78, 5) is 23.9. The van der Waals surface area contributed by atoms with Crippen LogP contribution in [0.2, 0.25) is 0 Å². The summed E-state index contributed by atoms with van der Waals surface area (Å²) in [5.41, 5.74) is 2.29. The molecule has 3 rings (SSSR count). The summed E-state index contributed by atoms with van der Waals surface area (Å²) in [6, 6.07) is 7.52. The van der Waals surface area contributed by atoms with Crippen molar-refractivity contribution >= 4 is 11.9 Å². The molecule has 1 fully saturated rings. The van der Waals surface area contributed by atoms with Gasteiger partial charge in [-0.2, -0.15) is 0 Å². The summed E-state index contributed by atoms with van der Waals surface area (Å²) in [6.07, 6.45) is 5.46. The number of hydrogen-bond donors (Lipinski definition) is 1. The van der Waals surface area contributed by atoms with Crippen LogP contribution in [-0.4, -0.2) is 49.7 Å². The predicted molar refractivity (Wildman–Crippen MR) is 113 cm³/mol. The highest BCUT2D eigenvalue weighted by molar-refractivity contribution is 5.92. The fraction of sp³-hybridized carbons (Fsp3) is 0.500. The molecule has 1 aromatic heterocycles. The highest BCUT2D eigenvalue weighted by Crippen LogP contribution is 2.27. The van der Waals surface area contributed by atoms with Gasteiger partial charge in [0.05, 0.1) is 14.2 Å². The zero-order chi connectivity index (χ0) is 20.6. The number of methoxy groups -OCH3 is 2. The van der Waals surface area contributed by atoms with Crippen molar-refractivity contribution in [3.8, 4) is 11.5 Å². The minimum absolute atomic E-state index is 0.174. The topological polar surface area (TPSA) is 76.6 Å². The number of nitrogens with zero attached hydrogens (tertiary/aromatic N) is 3. The van der Waals surface area contributed by atoms with Gasteiger partial charge >= 0.3 is 0 Å². The first-order valence-electron chi connectivity index (χ1n) is 10.2. The van der Waals surface area contributed by atoms with Crippen LogP contribution in [0.15, 0.2) is 24.3 Å². The minimum atomic E-state index is -0.174. The number of anilines is 1. The van der Waals surface area contributed by atoms with Gasteiger partial charge in [0.25, 0.3) is 5.91 Å². The summed E-state index contributed by atoms with van der Waals surface area (Å²) in [6.45, 7) is 4.31. The van der Waals surface area contributed by atoms with Gasteiger partial charge in [-0.05, 0) is 49.9 Å². The van der Waals surface area contributed by atoms with Crippen molar-refractivity contribution in [2.75, 3.05) is 38.8 Å². The summed E-state index contributed by atoms with van der Waals surface area (Å²) < 4.78 is 10.6. The SMILES string of the molecule is COc1ccc(CCNC(=O)c2cc(C)nc(N3CCCCCC3)n2)cc1OC. The van der Waals surface area contributed by atoms with E-state index in [4.69, 9.17) is 9.47 Å². The molecule has 1 aliphatic heterocycles. The smallest absolute Gasteiger partial charge is 0.270 e. The number of carbonyl (C=O) groups is 1. The van der Waals surface area contributed by atoms with Crippen LogP contribution in [0.1, 0.15) is 47.4 Å². The Bertz CT molecular complexity index is 833. The van der Waals surface area contributed by atoms with Crippen LogP contribution >= 0.6 is 0 Å². The van der Waals surface area contributed by atoms with E-state index >= 15 is 0 Å². The average molecular weight is 399 g/mol. The molecule has 29 heavy (non-hydrogen) atoms. The summed E-state index contributed by atoms with van der Waals surface area (Å²) in [5, 5.41) is 2.96. The molecular formula is C22H30N4O3. The van der Waals surface area contributed by atoms with E-state index in [1.165, 1.54) is 12.8 Å². The number of nitrogens with one attached hydrogen (secondary N) is 1. The van der Waals surface area contributed by atoms with Gasteiger partial charge in [-0.1, -0.05) is 18.9 Å². The first-order valence-corrected chi connectivity index (χ1v) is 10.2. The molecule has 1 N–H and O–H groups in total. The number of amides is 1. The van der Waals surface area contributed by atoms with E-state index in [0.29, 0.717) is 36.1 Å². The Kier molecular flexibility index (Phi) is 7.27. The lowest BCUT2D eigenvalue weighted by Crippen LogP contribution is -2.30. The third-order valence-electron chi connectivity index (χ3n) is 5.11.